The normalized spacial score (nSPS) is 10.8. The van der Waals surface area contributed by atoms with E-state index in [1.54, 1.807) is 18.2 Å². The minimum atomic E-state index is -0.270. The van der Waals surface area contributed by atoms with Gasteiger partial charge in [-0.25, -0.2) is 0 Å². The van der Waals surface area contributed by atoms with Crippen LogP contribution in [0.3, 0.4) is 0 Å². The Morgan fingerprint density at radius 2 is 2.14 bits per heavy atom. The summed E-state index contributed by atoms with van der Waals surface area (Å²) >= 11 is 3.44. The molecule has 1 aromatic heterocycles. The van der Waals surface area contributed by atoms with Gasteiger partial charge in [0.05, 0.1) is 5.52 Å². The van der Waals surface area contributed by atoms with Gasteiger partial charge in [0.25, 0.3) is 5.91 Å². The Labute approximate surface area is 129 Å². The fraction of sp³-hybridized carbons (Fsp3) is 0.0667. The number of amides is 1. The van der Waals surface area contributed by atoms with E-state index < -0.39 is 0 Å². The third kappa shape index (κ3) is 2.50. The van der Waals surface area contributed by atoms with E-state index in [1.807, 2.05) is 25.1 Å². The van der Waals surface area contributed by atoms with E-state index in [-0.39, 0.29) is 5.91 Å². The number of aromatic amines is 1. The molecule has 0 saturated carbocycles. The number of nitrogen functional groups attached to an aromatic ring is 1. The molecule has 0 atom stereocenters. The van der Waals surface area contributed by atoms with Crippen molar-refractivity contribution < 1.29 is 4.79 Å². The molecule has 21 heavy (non-hydrogen) atoms. The molecule has 1 heterocycles. The topological polar surface area (TPSA) is 83.8 Å². The molecule has 1 amide bonds. The van der Waals surface area contributed by atoms with Crippen LogP contribution in [0.2, 0.25) is 0 Å². The van der Waals surface area contributed by atoms with Crippen molar-refractivity contribution in [3.63, 3.8) is 0 Å². The monoisotopic (exact) mass is 344 g/mol. The average molecular weight is 345 g/mol. The van der Waals surface area contributed by atoms with Crippen LogP contribution >= 0.6 is 15.9 Å². The van der Waals surface area contributed by atoms with Gasteiger partial charge >= 0.3 is 0 Å². The number of nitrogens with two attached hydrogens (primary N) is 1. The van der Waals surface area contributed by atoms with Gasteiger partial charge in [0.2, 0.25) is 0 Å². The first-order chi connectivity index (χ1) is 10.1. The summed E-state index contributed by atoms with van der Waals surface area (Å²) < 4.78 is 0.941. The average Bonchev–Trinajstić information content (AvgIpc) is 2.87. The Morgan fingerprint density at radius 3 is 2.95 bits per heavy atom. The maximum absolute atomic E-state index is 12.4. The summed E-state index contributed by atoms with van der Waals surface area (Å²) in [4.78, 5) is 12.4. The molecule has 0 bridgehead atoms. The molecule has 0 aliphatic heterocycles. The predicted octanol–water partition coefficient (Wildman–Crippen LogP) is 3.47. The van der Waals surface area contributed by atoms with E-state index in [0.717, 1.165) is 21.2 Å². The van der Waals surface area contributed by atoms with Crippen LogP contribution < -0.4 is 11.1 Å². The quantitative estimate of drug-likeness (QED) is 0.622. The van der Waals surface area contributed by atoms with Crippen LogP contribution in [-0.2, 0) is 0 Å². The van der Waals surface area contributed by atoms with Crippen LogP contribution in [0.25, 0.3) is 10.9 Å². The van der Waals surface area contributed by atoms with Crippen molar-refractivity contribution in [2.45, 2.75) is 6.92 Å². The fourth-order valence-corrected chi connectivity index (χ4v) is 2.50. The first kappa shape index (κ1) is 13.6. The highest BCUT2D eigenvalue weighted by atomic mass is 79.9. The van der Waals surface area contributed by atoms with Gasteiger partial charge in [-0.1, -0.05) is 22.0 Å². The standard InChI is InChI=1S/C15H13BrN4O/c1-8-11(16)3-2-4-12(8)18-15(21)14-10-7-9(17)5-6-13(10)19-20-14/h2-7H,17H2,1H3,(H,18,21)(H,19,20). The SMILES string of the molecule is Cc1c(Br)cccc1NC(=O)c1n[nH]c2ccc(N)cc12. The number of benzene rings is 2. The molecular formula is C15H13BrN4O. The Kier molecular flexibility index (Phi) is 3.39. The molecule has 0 fully saturated rings. The molecule has 6 heteroatoms. The van der Waals surface area contributed by atoms with Crippen molar-refractivity contribution in [3.8, 4) is 0 Å². The summed E-state index contributed by atoms with van der Waals surface area (Å²) in [7, 11) is 0. The maximum Gasteiger partial charge on any atom is 0.276 e. The number of hydrogen-bond donors (Lipinski definition) is 3. The summed E-state index contributed by atoms with van der Waals surface area (Å²) in [6.45, 7) is 1.93. The van der Waals surface area contributed by atoms with Crippen molar-refractivity contribution in [1.82, 2.24) is 10.2 Å². The fourth-order valence-electron chi connectivity index (χ4n) is 2.13. The lowest BCUT2D eigenvalue weighted by atomic mass is 10.1. The molecule has 4 N–H and O–H groups in total. The minimum absolute atomic E-state index is 0.270. The summed E-state index contributed by atoms with van der Waals surface area (Å²) in [6.07, 6.45) is 0. The number of rotatable bonds is 2. The van der Waals surface area contributed by atoms with E-state index in [0.29, 0.717) is 16.8 Å². The predicted molar refractivity (Wildman–Crippen MR) is 87.3 cm³/mol. The molecule has 5 nitrogen and oxygen atoms in total. The number of halogens is 1. The lowest BCUT2D eigenvalue weighted by molar-refractivity contribution is 0.102. The molecule has 0 aliphatic carbocycles. The first-order valence-electron chi connectivity index (χ1n) is 6.36. The maximum atomic E-state index is 12.4. The molecule has 0 aliphatic rings. The van der Waals surface area contributed by atoms with Crippen molar-refractivity contribution in [3.05, 3.63) is 52.1 Å². The number of fused-ring (bicyclic) bond motifs is 1. The molecule has 0 spiro atoms. The second kappa shape index (κ2) is 5.21. The summed E-state index contributed by atoms with van der Waals surface area (Å²) in [5.74, 6) is -0.270. The molecular weight excluding hydrogens is 332 g/mol. The van der Waals surface area contributed by atoms with Gasteiger partial charge in [-0.2, -0.15) is 5.10 Å². The molecule has 3 aromatic rings. The summed E-state index contributed by atoms with van der Waals surface area (Å²) in [6, 6.07) is 10.9. The van der Waals surface area contributed by atoms with E-state index in [1.165, 1.54) is 0 Å². The lowest BCUT2D eigenvalue weighted by Crippen LogP contribution is -2.13. The van der Waals surface area contributed by atoms with Crippen molar-refractivity contribution in [1.29, 1.82) is 0 Å². The van der Waals surface area contributed by atoms with Gasteiger partial charge in [0.15, 0.2) is 5.69 Å². The first-order valence-corrected chi connectivity index (χ1v) is 7.15. The summed E-state index contributed by atoms with van der Waals surface area (Å²) in [5, 5.41) is 10.5. The molecule has 2 aromatic carbocycles. The van der Waals surface area contributed by atoms with Crippen molar-refractivity contribution >= 4 is 44.1 Å². The van der Waals surface area contributed by atoms with E-state index in [2.05, 4.69) is 31.4 Å². The second-order valence-corrected chi connectivity index (χ2v) is 5.60. The highest BCUT2D eigenvalue weighted by Crippen LogP contribution is 2.25. The lowest BCUT2D eigenvalue weighted by Gasteiger charge is -2.08. The number of nitrogens with one attached hydrogen (secondary N) is 2. The van der Waals surface area contributed by atoms with Crippen LogP contribution in [0.15, 0.2) is 40.9 Å². The van der Waals surface area contributed by atoms with Crippen LogP contribution in [-0.4, -0.2) is 16.1 Å². The molecule has 0 saturated heterocycles. The van der Waals surface area contributed by atoms with E-state index >= 15 is 0 Å². The van der Waals surface area contributed by atoms with Crippen LogP contribution in [0.4, 0.5) is 11.4 Å². The van der Waals surface area contributed by atoms with Crippen LogP contribution in [0, 0.1) is 6.92 Å². The number of aromatic nitrogens is 2. The van der Waals surface area contributed by atoms with Gasteiger partial charge in [-0.3, -0.25) is 9.89 Å². The van der Waals surface area contributed by atoms with Crippen molar-refractivity contribution in [2.24, 2.45) is 0 Å². The number of nitrogens with zero attached hydrogens (tertiary/aromatic N) is 1. The third-order valence-corrected chi connectivity index (χ3v) is 4.18. The van der Waals surface area contributed by atoms with Gasteiger partial charge in [0, 0.05) is 21.2 Å². The number of carbonyl (C=O) groups excluding carboxylic acids is 1. The van der Waals surface area contributed by atoms with Gasteiger partial charge in [-0.05, 0) is 42.8 Å². The third-order valence-electron chi connectivity index (χ3n) is 3.32. The number of anilines is 2. The van der Waals surface area contributed by atoms with Gasteiger partial charge < -0.3 is 11.1 Å². The van der Waals surface area contributed by atoms with Gasteiger partial charge in [0.1, 0.15) is 0 Å². The van der Waals surface area contributed by atoms with E-state index in [9.17, 15) is 4.79 Å². The number of hydrogen-bond acceptors (Lipinski definition) is 3. The number of carbonyl (C=O) groups is 1. The highest BCUT2D eigenvalue weighted by molar-refractivity contribution is 9.10. The zero-order valence-electron chi connectivity index (χ0n) is 11.3. The van der Waals surface area contributed by atoms with Crippen LogP contribution in [0.5, 0.6) is 0 Å². The Morgan fingerprint density at radius 1 is 1.33 bits per heavy atom. The molecule has 3 rings (SSSR count). The number of H-pyrrole nitrogens is 1. The summed E-state index contributed by atoms with van der Waals surface area (Å²) in [5.41, 5.74) is 9.18. The largest absolute Gasteiger partial charge is 0.399 e. The Balaban J connectivity index is 1.97. The second-order valence-electron chi connectivity index (χ2n) is 4.74. The van der Waals surface area contributed by atoms with Crippen molar-refractivity contribution in [2.75, 3.05) is 11.1 Å². The molecule has 0 radical (unpaired) electrons. The molecule has 0 unspecified atom stereocenters. The van der Waals surface area contributed by atoms with E-state index in [4.69, 9.17) is 5.73 Å². The molecule has 106 valence electrons. The highest BCUT2D eigenvalue weighted by Gasteiger charge is 2.15. The Bertz CT molecular complexity index is 841. The zero-order chi connectivity index (χ0) is 15.0. The zero-order valence-corrected chi connectivity index (χ0v) is 12.9. The Hall–Kier alpha value is -2.34. The van der Waals surface area contributed by atoms with Crippen LogP contribution in [0.1, 0.15) is 16.1 Å². The minimum Gasteiger partial charge on any atom is -0.399 e. The smallest absolute Gasteiger partial charge is 0.276 e. The van der Waals surface area contributed by atoms with Gasteiger partial charge in [-0.15, -0.1) is 0 Å².